The zero-order chi connectivity index (χ0) is 34.9. The molecule has 49 heavy (non-hydrogen) atoms. The number of fused-ring (bicyclic) bond motifs is 1. The zero-order valence-electron chi connectivity index (χ0n) is 26.7. The van der Waals surface area contributed by atoms with Gasteiger partial charge >= 0.3 is 0 Å². The Balaban J connectivity index is 1.52. The SMILES string of the molecule is CN(C(=O)[C@H](CN)NCON)[C@@H](Cc1c[nH]c2ccccc12)C(=O)NCc1c(-c2ccnc(F)c2)ccc(Cl)c1Sc1ncccc1CN. The van der Waals surface area contributed by atoms with Crippen molar-refractivity contribution in [3.63, 3.8) is 0 Å². The van der Waals surface area contributed by atoms with Crippen molar-refractivity contribution in [1.82, 2.24) is 30.5 Å². The van der Waals surface area contributed by atoms with Crippen molar-refractivity contribution in [1.29, 1.82) is 0 Å². The second-order valence-electron chi connectivity index (χ2n) is 11.1. The third-order valence-corrected chi connectivity index (χ3v) is 9.77. The van der Waals surface area contributed by atoms with Crippen LogP contribution in [0, 0.1) is 5.95 Å². The van der Waals surface area contributed by atoms with Crippen LogP contribution in [-0.2, 0) is 33.9 Å². The Hall–Kier alpha value is -4.41. The fourth-order valence-corrected chi connectivity index (χ4v) is 6.87. The third kappa shape index (κ3) is 8.43. The van der Waals surface area contributed by atoms with Crippen LogP contribution in [0.5, 0.6) is 0 Å². The van der Waals surface area contributed by atoms with Gasteiger partial charge in [-0.25, -0.2) is 15.9 Å². The normalized spacial score (nSPS) is 12.5. The van der Waals surface area contributed by atoms with Gasteiger partial charge in [0.1, 0.15) is 23.8 Å². The summed E-state index contributed by atoms with van der Waals surface area (Å²) in [7, 11) is 1.55. The quantitative estimate of drug-likeness (QED) is 0.0534. The summed E-state index contributed by atoms with van der Waals surface area (Å²) in [6.07, 6.45) is 5.05. The van der Waals surface area contributed by atoms with Crippen LogP contribution < -0.4 is 28.0 Å². The van der Waals surface area contributed by atoms with Gasteiger partial charge in [-0.3, -0.25) is 19.7 Å². The first kappa shape index (κ1) is 35.9. The molecule has 5 rings (SSSR count). The van der Waals surface area contributed by atoms with Gasteiger partial charge in [0.15, 0.2) is 0 Å². The summed E-state index contributed by atoms with van der Waals surface area (Å²) in [5, 5.41) is 7.85. The van der Waals surface area contributed by atoms with E-state index in [1.807, 2.05) is 36.5 Å². The van der Waals surface area contributed by atoms with Crippen molar-refractivity contribution in [3.05, 3.63) is 107 Å². The molecule has 0 radical (unpaired) electrons. The summed E-state index contributed by atoms with van der Waals surface area (Å²) < 4.78 is 14.4. The number of pyridine rings is 2. The largest absolute Gasteiger partial charge is 0.361 e. The predicted molar refractivity (Wildman–Crippen MR) is 187 cm³/mol. The Morgan fingerprint density at radius 2 is 1.90 bits per heavy atom. The van der Waals surface area contributed by atoms with Gasteiger partial charge in [-0.1, -0.05) is 53.7 Å². The number of H-pyrrole nitrogens is 1. The van der Waals surface area contributed by atoms with Crippen LogP contribution in [0.25, 0.3) is 22.0 Å². The van der Waals surface area contributed by atoms with Crippen molar-refractivity contribution in [2.75, 3.05) is 20.3 Å². The molecule has 0 spiro atoms. The van der Waals surface area contributed by atoms with Gasteiger partial charge in [-0.15, -0.1) is 0 Å². The number of carbonyl (C=O) groups is 2. The van der Waals surface area contributed by atoms with Gasteiger partial charge < -0.3 is 26.7 Å². The number of rotatable bonds is 15. The molecule has 256 valence electrons. The van der Waals surface area contributed by atoms with E-state index in [1.54, 1.807) is 37.5 Å². The summed E-state index contributed by atoms with van der Waals surface area (Å²) in [6.45, 7) is 0.0660. The molecule has 0 saturated carbocycles. The minimum absolute atomic E-state index is 0.0161. The summed E-state index contributed by atoms with van der Waals surface area (Å²) in [5.41, 5.74) is 16.2. The number of likely N-dealkylation sites (N-methyl/N-ethyl adjacent to an activating group) is 1. The van der Waals surface area contributed by atoms with E-state index in [-0.39, 0.29) is 32.8 Å². The van der Waals surface area contributed by atoms with Crippen LogP contribution in [0.15, 0.2) is 89.2 Å². The highest BCUT2D eigenvalue weighted by Gasteiger charge is 2.32. The Kier molecular flexibility index (Phi) is 12.3. The average Bonchev–Trinajstić information content (AvgIpc) is 3.53. The number of nitrogens with one attached hydrogen (secondary N) is 3. The predicted octanol–water partition coefficient (Wildman–Crippen LogP) is 3.48. The van der Waals surface area contributed by atoms with Gasteiger partial charge in [-0.2, -0.15) is 4.39 Å². The van der Waals surface area contributed by atoms with Gasteiger partial charge in [0.05, 0.1) is 5.02 Å². The van der Waals surface area contributed by atoms with Crippen LogP contribution in [0.1, 0.15) is 16.7 Å². The number of halogens is 2. The lowest BCUT2D eigenvalue weighted by atomic mass is 9.99. The van der Waals surface area contributed by atoms with Crippen LogP contribution in [0.4, 0.5) is 4.39 Å². The van der Waals surface area contributed by atoms with Crippen molar-refractivity contribution in [2.45, 2.75) is 41.5 Å². The highest BCUT2D eigenvalue weighted by atomic mass is 35.5. The average molecular weight is 706 g/mol. The molecule has 5 aromatic rings. The maximum atomic E-state index is 14.4. The molecule has 0 bridgehead atoms. The molecule has 2 aromatic carbocycles. The molecule has 0 aliphatic heterocycles. The fraction of sp³-hybridized carbons (Fsp3) is 0.235. The van der Waals surface area contributed by atoms with E-state index in [0.29, 0.717) is 31.6 Å². The summed E-state index contributed by atoms with van der Waals surface area (Å²) in [5.74, 6) is 3.65. The number of para-hydroxylation sites is 1. The van der Waals surface area contributed by atoms with E-state index in [1.165, 1.54) is 28.9 Å². The van der Waals surface area contributed by atoms with E-state index in [9.17, 15) is 14.0 Å². The topological polar surface area (TPSA) is 190 Å². The lowest BCUT2D eigenvalue weighted by molar-refractivity contribution is -0.140. The molecule has 0 unspecified atom stereocenters. The van der Waals surface area contributed by atoms with Crippen molar-refractivity contribution in [2.24, 2.45) is 17.4 Å². The Bertz CT molecular complexity index is 1930. The lowest BCUT2D eigenvalue weighted by Crippen LogP contribution is -2.56. The fourth-order valence-electron chi connectivity index (χ4n) is 5.52. The molecule has 0 aliphatic rings. The third-order valence-electron chi connectivity index (χ3n) is 8.11. The molecular weight excluding hydrogens is 669 g/mol. The number of amides is 2. The van der Waals surface area contributed by atoms with Gasteiger partial charge in [0.25, 0.3) is 0 Å². The van der Waals surface area contributed by atoms with E-state index >= 15 is 0 Å². The summed E-state index contributed by atoms with van der Waals surface area (Å²) >= 11 is 8.10. The number of benzene rings is 2. The molecule has 3 heterocycles. The number of aromatic nitrogens is 3. The number of hydrogen-bond acceptors (Lipinski definition) is 10. The highest BCUT2D eigenvalue weighted by molar-refractivity contribution is 7.99. The minimum Gasteiger partial charge on any atom is -0.361 e. The Morgan fingerprint density at radius 1 is 1.08 bits per heavy atom. The second-order valence-corrected chi connectivity index (χ2v) is 12.5. The van der Waals surface area contributed by atoms with Crippen LogP contribution in [0.3, 0.4) is 0 Å². The summed E-state index contributed by atoms with van der Waals surface area (Å²) in [6, 6.07) is 16.0. The Labute approximate surface area is 291 Å². The lowest BCUT2D eigenvalue weighted by Gasteiger charge is -2.31. The molecule has 0 aliphatic carbocycles. The minimum atomic E-state index is -0.960. The van der Waals surface area contributed by atoms with Gasteiger partial charge in [0, 0.05) is 73.6 Å². The van der Waals surface area contributed by atoms with Crippen LogP contribution in [0.2, 0.25) is 5.02 Å². The molecule has 0 saturated heterocycles. The molecule has 15 heteroatoms. The maximum absolute atomic E-state index is 14.4. The molecule has 12 nitrogen and oxygen atoms in total. The molecule has 0 fully saturated rings. The van der Waals surface area contributed by atoms with Crippen molar-refractivity contribution in [3.8, 4) is 11.1 Å². The summed E-state index contributed by atoms with van der Waals surface area (Å²) in [4.78, 5) is 45.9. The number of nitrogens with zero attached hydrogens (tertiary/aromatic N) is 3. The number of nitrogens with two attached hydrogens (primary N) is 3. The van der Waals surface area contributed by atoms with E-state index in [4.69, 9.17) is 29.0 Å². The molecule has 2 atom stereocenters. The first-order valence-electron chi connectivity index (χ1n) is 15.3. The highest BCUT2D eigenvalue weighted by Crippen LogP contribution is 2.41. The van der Waals surface area contributed by atoms with Crippen LogP contribution in [-0.4, -0.2) is 64.1 Å². The standard InChI is InChI=1S/C34H37ClFN9O3S/c1-45(34(47)28(16-38)44-19-48-39)29(13-22-17-42-27-7-3-2-6-24(22)27)32(46)43-18-25-23(20-10-12-40-30(36)14-20)8-9-26(35)31(25)49-33-21(15-37)5-4-11-41-33/h2-12,14,17,28-29,42,44H,13,15-16,18-19,37-39H2,1H3,(H,43,46)/t28-,29-/m0/s1. The monoisotopic (exact) mass is 705 g/mol. The van der Waals surface area contributed by atoms with Crippen molar-refractivity contribution < 1.29 is 18.8 Å². The van der Waals surface area contributed by atoms with Gasteiger partial charge in [0.2, 0.25) is 17.8 Å². The van der Waals surface area contributed by atoms with E-state index < -0.39 is 29.8 Å². The van der Waals surface area contributed by atoms with Crippen LogP contribution >= 0.6 is 23.4 Å². The maximum Gasteiger partial charge on any atom is 0.243 e. The smallest absolute Gasteiger partial charge is 0.243 e. The molecular formula is C34H37ClFN9O3S. The number of carbonyl (C=O) groups excluding carboxylic acids is 2. The van der Waals surface area contributed by atoms with Crippen molar-refractivity contribution >= 4 is 46.1 Å². The first-order valence-corrected chi connectivity index (χ1v) is 16.5. The van der Waals surface area contributed by atoms with E-state index in [0.717, 1.165) is 22.0 Å². The first-order chi connectivity index (χ1) is 23.7. The molecule has 9 N–H and O–H groups in total. The zero-order valence-corrected chi connectivity index (χ0v) is 28.2. The number of aromatic amines is 1. The second kappa shape index (κ2) is 16.8. The van der Waals surface area contributed by atoms with E-state index in [2.05, 4.69) is 30.4 Å². The number of hydrogen-bond donors (Lipinski definition) is 6. The Morgan fingerprint density at radius 3 is 2.65 bits per heavy atom. The molecule has 2 amide bonds. The molecule has 3 aromatic heterocycles. The van der Waals surface area contributed by atoms with Gasteiger partial charge in [-0.05, 0) is 52.1 Å².